The standard InChI is InChI=1S/C20H17N5O3S2/c1-28-15-9-7-13(8-10-15)11-16-18(27)25-19(23-22-16)30-20(24-25)29-12-17(26)21-14-5-3-2-4-6-14/h2-10H,11-12H2,1H3,(H,21,26). The summed E-state index contributed by atoms with van der Waals surface area (Å²) in [6.45, 7) is 0. The SMILES string of the molecule is COc1ccc(Cc2nnc3sc(SCC(=O)Nc4ccccc4)nn3c2=O)cc1. The molecule has 2 aromatic carbocycles. The van der Waals surface area contributed by atoms with Crippen molar-refractivity contribution in [3.63, 3.8) is 0 Å². The Bertz CT molecular complexity index is 1220. The maximum Gasteiger partial charge on any atom is 0.297 e. The van der Waals surface area contributed by atoms with Gasteiger partial charge in [-0.05, 0) is 29.8 Å². The van der Waals surface area contributed by atoms with Crippen LogP contribution >= 0.6 is 23.1 Å². The number of anilines is 1. The Morgan fingerprint density at radius 1 is 1.13 bits per heavy atom. The third-order valence-corrected chi connectivity index (χ3v) is 6.18. The van der Waals surface area contributed by atoms with Gasteiger partial charge in [-0.15, -0.1) is 15.3 Å². The molecule has 1 amide bonds. The molecule has 4 rings (SSSR count). The molecular formula is C20H17N5O3S2. The molecule has 0 aliphatic heterocycles. The number of carbonyl (C=O) groups is 1. The third-order valence-electron chi connectivity index (χ3n) is 4.15. The van der Waals surface area contributed by atoms with Crippen LogP contribution in [0.3, 0.4) is 0 Å². The normalized spacial score (nSPS) is 10.8. The molecule has 0 spiro atoms. The van der Waals surface area contributed by atoms with Crippen molar-refractivity contribution in [2.75, 3.05) is 18.2 Å². The number of carbonyl (C=O) groups excluding carboxylic acids is 1. The van der Waals surface area contributed by atoms with Gasteiger partial charge in [0.25, 0.3) is 5.56 Å². The van der Waals surface area contributed by atoms with Crippen LogP contribution in [0, 0.1) is 0 Å². The monoisotopic (exact) mass is 439 g/mol. The highest BCUT2D eigenvalue weighted by Crippen LogP contribution is 2.23. The first-order chi connectivity index (χ1) is 14.6. The summed E-state index contributed by atoms with van der Waals surface area (Å²) < 4.78 is 6.96. The summed E-state index contributed by atoms with van der Waals surface area (Å²) in [5.41, 5.74) is 1.65. The van der Waals surface area contributed by atoms with Gasteiger partial charge in [0.2, 0.25) is 10.9 Å². The first kappa shape index (κ1) is 20.0. The van der Waals surface area contributed by atoms with Crippen molar-refractivity contribution in [1.29, 1.82) is 0 Å². The summed E-state index contributed by atoms with van der Waals surface area (Å²) in [5, 5.41) is 15.3. The van der Waals surface area contributed by atoms with Crippen LogP contribution in [0.25, 0.3) is 4.96 Å². The Hall–Kier alpha value is -3.24. The fourth-order valence-electron chi connectivity index (χ4n) is 2.68. The number of benzene rings is 2. The van der Waals surface area contributed by atoms with Crippen molar-refractivity contribution in [2.24, 2.45) is 0 Å². The molecule has 0 unspecified atom stereocenters. The lowest BCUT2D eigenvalue weighted by atomic mass is 10.1. The summed E-state index contributed by atoms with van der Waals surface area (Å²) in [4.78, 5) is 25.2. The molecule has 8 nitrogen and oxygen atoms in total. The maximum absolute atomic E-state index is 12.7. The molecule has 2 heterocycles. The van der Waals surface area contributed by atoms with Crippen LogP contribution in [-0.2, 0) is 11.2 Å². The summed E-state index contributed by atoms with van der Waals surface area (Å²) in [7, 11) is 1.60. The first-order valence-corrected chi connectivity index (χ1v) is 10.8. The second-order valence-electron chi connectivity index (χ2n) is 6.24. The van der Waals surface area contributed by atoms with Crippen LogP contribution in [0.2, 0.25) is 0 Å². The molecule has 0 fully saturated rings. The lowest BCUT2D eigenvalue weighted by molar-refractivity contribution is -0.113. The van der Waals surface area contributed by atoms with E-state index in [1.165, 1.54) is 27.6 Å². The van der Waals surface area contributed by atoms with Gasteiger partial charge in [-0.3, -0.25) is 9.59 Å². The van der Waals surface area contributed by atoms with Crippen LogP contribution < -0.4 is 15.6 Å². The highest BCUT2D eigenvalue weighted by Gasteiger charge is 2.14. The van der Waals surface area contributed by atoms with E-state index in [1.54, 1.807) is 7.11 Å². The maximum atomic E-state index is 12.7. The van der Waals surface area contributed by atoms with Gasteiger partial charge in [-0.1, -0.05) is 53.4 Å². The van der Waals surface area contributed by atoms with E-state index in [4.69, 9.17) is 4.74 Å². The van der Waals surface area contributed by atoms with Gasteiger partial charge >= 0.3 is 0 Å². The Kier molecular flexibility index (Phi) is 6.05. The Morgan fingerprint density at radius 2 is 1.90 bits per heavy atom. The molecule has 0 aliphatic rings. The van der Waals surface area contributed by atoms with Gasteiger partial charge in [-0.2, -0.15) is 4.52 Å². The van der Waals surface area contributed by atoms with E-state index in [2.05, 4.69) is 20.6 Å². The van der Waals surface area contributed by atoms with E-state index in [0.29, 0.717) is 21.4 Å². The molecule has 0 saturated carbocycles. The topological polar surface area (TPSA) is 98.5 Å². The van der Waals surface area contributed by atoms with Crippen LogP contribution in [0.1, 0.15) is 11.3 Å². The van der Waals surface area contributed by atoms with Crippen molar-refractivity contribution in [2.45, 2.75) is 10.8 Å². The minimum absolute atomic E-state index is 0.149. The molecule has 30 heavy (non-hydrogen) atoms. The molecule has 4 aromatic rings. The van der Waals surface area contributed by atoms with Crippen LogP contribution in [0.5, 0.6) is 5.75 Å². The number of nitrogens with one attached hydrogen (secondary N) is 1. The summed E-state index contributed by atoms with van der Waals surface area (Å²) >= 11 is 2.47. The number of hydrogen-bond donors (Lipinski definition) is 1. The fourth-order valence-corrected chi connectivity index (χ4v) is 4.35. The lowest BCUT2D eigenvalue weighted by Gasteiger charge is -2.03. The number of methoxy groups -OCH3 is 1. The van der Waals surface area contributed by atoms with E-state index in [1.807, 2.05) is 54.6 Å². The van der Waals surface area contributed by atoms with Crippen molar-refractivity contribution >= 4 is 39.7 Å². The number of aromatic nitrogens is 4. The molecule has 0 atom stereocenters. The lowest BCUT2D eigenvalue weighted by Crippen LogP contribution is -2.22. The fraction of sp³-hybridized carbons (Fsp3) is 0.150. The van der Waals surface area contributed by atoms with E-state index in [0.717, 1.165) is 17.0 Å². The molecule has 10 heteroatoms. The number of hydrogen-bond acceptors (Lipinski definition) is 8. The third kappa shape index (κ3) is 4.66. The summed E-state index contributed by atoms with van der Waals surface area (Å²) in [6, 6.07) is 16.6. The van der Waals surface area contributed by atoms with E-state index in [-0.39, 0.29) is 17.2 Å². The smallest absolute Gasteiger partial charge is 0.297 e. The molecule has 1 N–H and O–H groups in total. The van der Waals surface area contributed by atoms with Crippen molar-refractivity contribution in [3.8, 4) is 5.75 Å². The number of para-hydroxylation sites is 1. The van der Waals surface area contributed by atoms with Gasteiger partial charge in [0.15, 0.2) is 4.34 Å². The summed E-state index contributed by atoms with van der Waals surface area (Å²) in [6.07, 6.45) is 0.345. The minimum atomic E-state index is -0.312. The van der Waals surface area contributed by atoms with Crippen LogP contribution in [-0.4, -0.2) is 38.6 Å². The minimum Gasteiger partial charge on any atom is -0.497 e. The first-order valence-electron chi connectivity index (χ1n) is 8.98. The van der Waals surface area contributed by atoms with Crippen LogP contribution in [0.4, 0.5) is 5.69 Å². The predicted molar refractivity (Wildman–Crippen MR) is 117 cm³/mol. The number of ether oxygens (including phenoxy) is 1. The van der Waals surface area contributed by atoms with Crippen LogP contribution in [0.15, 0.2) is 63.7 Å². The highest BCUT2D eigenvalue weighted by molar-refractivity contribution is 8.01. The molecule has 0 bridgehead atoms. The van der Waals surface area contributed by atoms with Gasteiger partial charge < -0.3 is 10.1 Å². The van der Waals surface area contributed by atoms with Gasteiger partial charge in [0.05, 0.1) is 12.9 Å². The quantitative estimate of drug-likeness (QED) is 0.442. The Morgan fingerprint density at radius 3 is 2.63 bits per heavy atom. The zero-order valence-corrected chi connectivity index (χ0v) is 17.6. The Balaban J connectivity index is 1.45. The Labute approximate surface area is 179 Å². The number of rotatable bonds is 7. The number of fused-ring (bicyclic) bond motifs is 1. The average Bonchev–Trinajstić information content (AvgIpc) is 3.20. The average molecular weight is 440 g/mol. The van der Waals surface area contributed by atoms with E-state index in [9.17, 15) is 9.59 Å². The second kappa shape index (κ2) is 9.06. The number of amides is 1. The zero-order valence-electron chi connectivity index (χ0n) is 15.9. The number of thioether (sulfide) groups is 1. The van der Waals surface area contributed by atoms with Gasteiger partial charge in [0, 0.05) is 12.1 Å². The number of nitrogens with zero attached hydrogens (tertiary/aromatic N) is 4. The van der Waals surface area contributed by atoms with Gasteiger partial charge in [-0.25, -0.2) is 0 Å². The molecule has 0 radical (unpaired) electrons. The molecule has 152 valence electrons. The zero-order chi connectivity index (χ0) is 20.9. The van der Waals surface area contributed by atoms with Crippen molar-refractivity contribution in [3.05, 3.63) is 76.2 Å². The van der Waals surface area contributed by atoms with Crippen molar-refractivity contribution < 1.29 is 9.53 Å². The highest BCUT2D eigenvalue weighted by atomic mass is 32.2. The molecule has 2 aromatic heterocycles. The van der Waals surface area contributed by atoms with Gasteiger partial charge in [0.1, 0.15) is 11.4 Å². The van der Waals surface area contributed by atoms with E-state index < -0.39 is 0 Å². The predicted octanol–water partition coefficient (Wildman–Crippen LogP) is 2.88. The van der Waals surface area contributed by atoms with Crippen molar-refractivity contribution in [1.82, 2.24) is 19.8 Å². The summed E-state index contributed by atoms with van der Waals surface area (Å²) in [5.74, 6) is 0.772. The molecular weight excluding hydrogens is 422 g/mol. The largest absolute Gasteiger partial charge is 0.497 e. The second-order valence-corrected chi connectivity index (χ2v) is 8.42. The van der Waals surface area contributed by atoms with E-state index >= 15 is 0 Å². The molecule has 0 saturated heterocycles. The molecule has 0 aliphatic carbocycles.